The fourth-order valence-electron chi connectivity index (χ4n) is 8.13. The van der Waals surface area contributed by atoms with Crippen molar-refractivity contribution in [1.82, 2.24) is 0 Å². The summed E-state index contributed by atoms with van der Waals surface area (Å²) in [5, 5.41) is 57.7. The van der Waals surface area contributed by atoms with Crippen LogP contribution in [-0.4, -0.2) is 43.8 Å². The predicted octanol–water partition coefficient (Wildman–Crippen LogP) is 14.1. The molecule has 4 rings (SSSR count). The van der Waals surface area contributed by atoms with E-state index in [2.05, 4.69) is 77.9 Å². The van der Waals surface area contributed by atoms with Gasteiger partial charge in [-0.1, -0.05) is 162 Å². The quantitative estimate of drug-likeness (QED) is 0.0272. The molecule has 4 aromatic rings. The SMILES string of the molecule is CCCCCCCCC(=Nc1ccc(CCC)c(CCC)c1)C(CCCCC)=Nc1ccc(CCC)c(CCC)c1.CCc1ccc(O)c([O-])c1C(=O)O.CCc1ccc(O)c([O-])c1C(=O)O.[Ni+2]. The average molecular weight is 980 g/mol. The molecule has 0 radical (unpaired) electrons. The molecule has 0 aromatic heterocycles. The van der Waals surface area contributed by atoms with E-state index >= 15 is 0 Å². The normalized spacial score (nSPS) is 11.2. The Morgan fingerprint density at radius 1 is 0.441 bits per heavy atom. The number of hydrogen-bond donors (Lipinski definition) is 4. The monoisotopic (exact) mass is 979 g/mol. The van der Waals surface area contributed by atoms with E-state index in [1.807, 2.05) is 0 Å². The molecule has 376 valence electrons. The summed E-state index contributed by atoms with van der Waals surface area (Å²) in [6.07, 6.45) is 23.7. The molecule has 0 fully saturated rings. The summed E-state index contributed by atoms with van der Waals surface area (Å²) in [6, 6.07) is 19.3. The summed E-state index contributed by atoms with van der Waals surface area (Å²) < 4.78 is 0. The predicted molar refractivity (Wildman–Crippen MR) is 273 cm³/mol. The van der Waals surface area contributed by atoms with Crippen LogP contribution in [0.4, 0.5) is 11.4 Å². The van der Waals surface area contributed by atoms with Gasteiger partial charge in [0, 0.05) is 0 Å². The van der Waals surface area contributed by atoms with Gasteiger partial charge in [0.1, 0.15) is 11.5 Å². The van der Waals surface area contributed by atoms with Crippen molar-refractivity contribution in [3.05, 3.63) is 105 Å². The number of aliphatic imine (C=N–C) groups is 2. The molecule has 0 bridgehead atoms. The van der Waals surface area contributed by atoms with Gasteiger partial charge in [-0.2, -0.15) is 0 Å². The average Bonchev–Trinajstić information content (AvgIpc) is 3.30. The van der Waals surface area contributed by atoms with Crippen LogP contribution in [0.1, 0.15) is 206 Å². The Hall–Kier alpha value is -5.15. The Morgan fingerprint density at radius 2 is 0.765 bits per heavy atom. The zero-order valence-corrected chi connectivity index (χ0v) is 43.2. The van der Waals surface area contributed by atoms with Crippen LogP contribution < -0.4 is 10.2 Å². The number of aromatic hydroxyl groups is 2. The zero-order valence-electron chi connectivity index (χ0n) is 42.3. The first kappa shape index (κ1) is 60.9. The maximum Gasteiger partial charge on any atom is 2.00 e. The third-order valence-electron chi connectivity index (χ3n) is 11.7. The second-order valence-corrected chi connectivity index (χ2v) is 17.2. The van der Waals surface area contributed by atoms with Gasteiger partial charge in [-0.25, -0.2) is 9.59 Å². The number of aryl methyl sites for hydroxylation is 6. The minimum absolute atomic E-state index is 0. The largest absolute Gasteiger partial charge is 2.00 e. The third-order valence-corrected chi connectivity index (χ3v) is 11.7. The number of phenols is 2. The van der Waals surface area contributed by atoms with E-state index in [0.29, 0.717) is 24.0 Å². The summed E-state index contributed by atoms with van der Waals surface area (Å²) in [5.41, 5.74) is 10.8. The summed E-state index contributed by atoms with van der Waals surface area (Å²) in [7, 11) is 0. The summed E-state index contributed by atoms with van der Waals surface area (Å²) in [4.78, 5) is 32.1. The first-order valence-electron chi connectivity index (χ1n) is 25.1. The van der Waals surface area contributed by atoms with Crippen LogP contribution >= 0.6 is 0 Å². The van der Waals surface area contributed by atoms with Crippen molar-refractivity contribution >= 4 is 34.7 Å². The van der Waals surface area contributed by atoms with E-state index in [4.69, 9.17) is 30.4 Å². The number of carboxylic acid groups (broad SMARTS) is 2. The van der Waals surface area contributed by atoms with Gasteiger partial charge in [-0.15, -0.1) is 0 Å². The van der Waals surface area contributed by atoms with Gasteiger partial charge in [0.2, 0.25) is 0 Å². The molecule has 68 heavy (non-hydrogen) atoms. The number of benzene rings is 4. The van der Waals surface area contributed by atoms with E-state index in [0.717, 1.165) is 49.9 Å². The molecule has 0 spiro atoms. The number of nitrogens with zero attached hydrogens (tertiary/aromatic N) is 2. The van der Waals surface area contributed by atoms with Crippen molar-refractivity contribution in [3.63, 3.8) is 0 Å². The van der Waals surface area contributed by atoms with Gasteiger partial charge in [0.05, 0.1) is 33.9 Å². The van der Waals surface area contributed by atoms with Gasteiger partial charge in [-0.05, 0) is 134 Å². The van der Waals surface area contributed by atoms with Crippen molar-refractivity contribution in [2.45, 2.75) is 190 Å². The van der Waals surface area contributed by atoms with Crippen LogP contribution in [0.5, 0.6) is 23.0 Å². The van der Waals surface area contributed by atoms with Gasteiger partial charge >= 0.3 is 28.4 Å². The first-order chi connectivity index (χ1) is 32.2. The molecule has 0 unspecified atom stereocenters. The minimum Gasteiger partial charge on any atom is -0.869 e. The molecule has 10 nitrogen and oxygen atoms in total. The van der Waals surface area contributed by atoms with Crippen LogP contribution in [0.25, 0.3) is 0 Å². The standard InChI is InChI=1S/C39H62N2.2C9H10O4.Ni/c1-7-13-15-16-17-19-25-39(41-37-29-27-33(21-10-4)35(31-37)23-12-6)38(24-18-14-8-2)40-36-28-26-32(20-9-3)34(30-36)22-11-5;2*1-2-5-3-4-6(10)8(11)7(5)9(12)13;/h26-31H,7-25H2,1-6H3;2*3-4,10-11H,2H2,1H3,(H,12,13);/q;;;+2/p-2. The van der Waals surface area contributed by atoms with Crippen LogP contribution in [0.3, 0.4) is 0 Å². The van der Waals surface area contributed by atoms with E-state index in [-0.39, 0.29) is 27.6 Å². The molecule has 0 aliphatic rings. The fourth-order valence-corrected chi connectivity index (χ4v) is 8.13. The molecular weight excluding hydrogens is 899 g/mol. The molecule has 4 aromatic carbocycles. The van der Waals surface area contributed by atoms with Crippen LogP contribution in [0.2, 0.25) is 0 Å². The van der Waals surface area contributed by atoms with Crippen molar-refractivity contribution in [1.29, 1.82) is 0 Å². The van der Waals surface area contributed by atoms with Gasteiger partial charge in [0.25, 0.3) is 0 Å². The summed E-state index contributed by atoms with van der Waals surface area (Å²) >= 11 is 0. The smallest absolute Gasteiger partial charge is 0.869 e. The van der Waals surface area contributed by atoms with Crippen molar-refractivity contribution in [2.24, 2.45) is 9.98 Å². The second kappa shape index (κ2) is 34.2. The number of carboxylic acids is 2. The molecule has 11 heteroatoms. The molecular formula is C57H80N2NiO8. The second-order valence-electron chi connectivity index (χ2n) is 17.2. The molecule has 4 N–H and O–H groups in total. The Labute approximate surface area is 418 Å². The fraction of sp³-hybridized carbons (Fsp3) is 0.509. The van der Waals surface area contributed by atoms with Crippen LogP contribution in [-0.2, 0) is 55.0 Å². The molecule has 0 aliphatic carbocycles. The van der Waals surface area contributed by atoms with E-state index in [1.54, 1.807) is 13.8 Å². The topological polar surface area (TPSA) is 186 Å². The van der Waals surface area contributed by atoms with Crippen LogP contribution in [0.15, 0.2) is 70.6 Å². The molecule has 0 heterocycles. The van der Waals surface area contributed by atoms with E-state index in [1.165, 1.54) is 141 Å². The van der Waals surface area contributed by atoms with E-state index < -0.39 is 34.9 Å². The number of unbranched alkanes of at least 4 members (excludes halogenated alkanes) is 7. The third kappa shape index (κ3) is 20.2. The number of hydrogen-bond acceptors (Lipinski definition) is 8. The van der Waals surface area contributed by atoms with Crippen molar-refractivity contribution in [3.8, 4) is 23.0 Å². The Morgan fingerprint density at radius 3 is 1.12 bits per heavy atom. The molecule has 0 saturated carbocycles. The van der Waals surface area contributed by atoms with Gasteiger partial charge in [0.15, 0.2) is 0 Å². The van der Waals surface area contributed by atoms with Crippen LogP contribution in [0, 0.1) is 0 Å². The number of phenolic OH excluding ortho intramolecular Hbond substituents is 2. The van der Waals surface area contributed by atoms with Gasteiger partial charge in [-0.3, -0.25) is 9.98 Å². The summed E-state index contributed by atoms with van der Waals surface area (Å²) in [6.45, 7) is 17.2. The van der Waals surface area contributed by atoms with Gasteiger partial charge < -0.3 is 30.6 Å². The van der Waals surface area contributed by atoms with Crippen molar-refractivity contribution < 1.29 is 56.7 Å². The Bertz CT molecular complexity index is 2130. The molecule has 0 amide bonds. The molecule has 0 saturated heterocycles. The number of carbonyl (C=O) groups is 2. The zero-order chi connectivity index (χ0) is 49.7. The number of rotatable bonds is 26. The first-order valence-corrected chi connectivity index (χ1v) is 25.1. The maximum atomic E-state index is 11.2. The Kier molecular flexibility index (Phi) is 30.6. The molecule has 0 atom stereocenters. The number of aromatic carboxylic acids is 2. The van der Waals surface area contributed by atoms with Crippen molar-refractivity contribution in [2.75, 3.05) is 0 Å². The minimum atomic E-state index is -1.29. The summed E-state index contributed by atoms with van der Waals surface area (Å²) in [5.74, 6) is -5.25. The van der Waals surface area contributed by atoms with E-state index in [9.17, 15) is 19.8 Å². The maximum absolute atomic E-state index is 11.2. The molecule has 0 aliphatic heterocycles. The Balaban J connectivity index is 0.000000690.